The first kappa shape index (κ1) is 15.8. The van der Waals surface area contributed by atoms with E-state index in [1.54, 1.807) is 0 Å². The van der Waals surface area contributed by atoms with E-state index in [2.05, 4.69) is 24.1 Å². The van der Waals surface area contributed by atoms with Crippen molar-refractivity contribution in [3.8, 4) is 0 Å². The van der Waals surface area contributed by atoms with Gasteiger partial charge < -0.3 is 10.1 Å². The smallest absolute Gasteiger partial charge is 0.0710 e. The van der Waals surface area contributed by atoms with Gasteiger partial charge in [-0.05, 0) is 39.0 Å². The first-order valence-electron chi connectivity index (χ1n) is 9.36. The van der Waals surface area contributed by atoms with Crippen molar-refractivity contribution >= 4 is 0 Å². The third-order valence-corrected chi connectivity index (χ3v) is 5.89. The Morgan fingerprint density at radius 2 is 2.00 bits per heavy atom. The van der Waals surface area contributed by atoms with Crippen LogP contribution in [-0.4, -0.2) is 48.3 Å². The van der Waals surface area contributed by atoms with Gasteiger partial charge in [-0.1, -0.05) is 32.6 Å². The van der Waals surface area contributed by atoms with Gasteiger partial charge >= 0.3 is 0 Å². The molecule has 122 valence electrons. The summed E-state index contributed by atoms with van der Waals surface area (Å²) >= 11 is 0. The maximum Gasteiger partial charge on any atom is 0.0710 e. The monoisotopic (exact) mass is 294 g/mol. The van der Waals surface area contributed by atoms with E-state index in [1.165, 1.54) is 70.9 Å². The molecule has 0 aromatic heterocycles. The van der Waals surface area contributed by atoms with Crippen LogP contribution in [0.1, 0.15) is 71.6 Å². The van der Waals surface area contributed by atoms with Crippen molar-refractivity contribution in [2.45, 2.75) is 95.4 Å². The van der Waals surface area contributed by atoms with E-state index in [1.807, 2.05) is 0 Å². The van der Waals surface area contributed by atoms with Gasteiger partial charge in [-0.2, -0.15) is 0 Å². The largest absolute Gasteiger partial charge is 0.370 e. The van der Waals surface area contributed by atoms with E-state index in [-0.39, 0.29) is 5.60 Å². The highest BCUT2D eigenvalue weighted by Gasteiger charge is 2.41. The normalized spacial score (nSPS) is 37.1. The lowest BCUT2D eigenvalue weighted by Crippen LogP contribution is -2.57. The Hall–Kier alpha value is -0.120. The SMILES string of the molecule is CCCC1CNC(C)CN1CC1CCC2(CCCCC2)O1. The average Bonchev–Trinajstić information content (AvgIpc) is 2.85. The first-order chi connectivity index (χ1) is 10.2. The zero-order chi connectivity index (χ0) is 14.7. The van der Waals surface area contributed by atoms with Crippen molar-refractivity contribution in [3.05, 3.63) is 0 Å². The molecule has 2 aliphatic heterocycles. The third-order valence-electron chi connectivity index (χ3n) is 5.89. The minimum atomic E-state index is 0.281. The maximum atomic E-state index is 6.59. The second-order valence-electron chi connectivity index (χ2n) is 7.73. The van der Waals surface area contributed by atoms with Gasteiger partial charge in [-0.3, -0.25) is 4.90 Å². The van der Waals surface area contributed by atoms with Crippen LogP contribution in [0.2, 0.25) is 0 Å². The third kappa shape index (κ3) is 3.80. The van der Waals surface area contributed by atoms with E-state index in [9.17, 15) is 0 Å². The molecule has 3 unspecified atom stereocenters. The lowest BCUT2D eigenvalue weighted by atomic mass is 9.83. The van der Waals surface area contributed by atoms with Crippen molar-refractivity contribution < 1.29 is 4.74 Å². The summed E-state index contributed by atoms with van der Waals surface area (Å²) in [6.45, 7) is 8.13. The molecule has 1 N–H and O–H groups in total. The topological polar surface area (TPSA) is 24.5 Å². The number of piperazine rings is 1. The van der Waals surface area contributed by atoms with Gasteiger partial charge in [0.05, 0.1) is 11.7 Å². The Labute approximate surface area is 130 Å². The Morgan fingerprint density at radius 3 is 2.76 bits per heavy atom. The van der Waals surface area contributed by atoms with Crippen LogP contribution >= 0.6 is 0 Å². The summed E-state index contributed by atoms with van der Waals surface area (Å²) < 4.78 is 6.59. The minimum absolute atomic E-state index is 0.281. The molecule has 2 heterocycles. The minimum Gasteiger partial charge on any atom is -0.370 e. The molecule has 2 saturated heterocycles. The summed E-state index contributed by atoms with van der Waals surface area (Å²) in [4.78, 5) is 2.72. The van der Waals surface area contributed by atoms with Crippen molar-refractivity contribution in [1.29, 1.82) is 0 Å². The van der Waals surface area contributed by atoms with E-state index < -0.39 is 0 Å². The highest BCUT2D eigenvalue weighted by atomic mass is 16.5. The summed E-state index contributed by atoms with van der Waals surface area (Å²) in [7, 11) is 0. The van der Waals surface area contributed by atoms with Crippen molar-refractivity contribution in [1.82, 2.24) is 10.2 Å². The molecule has 0 bridgehead atoms. The molecule has 1 saturated carbocycles. The quantitative estimate of drug-likeness (QED) is 0.861. The molecule has 0 amide bonds. The van der Waals surface area contributed by atoms with Gasteiger partial charge in [0.2, 0.25) is 0 Å². The molecule has 1 aliphatic carbocycles. The van der Waals surface area contributed by atoms with Crippen molar-refractivity contribution in [2.24, 2.45) is 0 Å². The predicted molar refractivity (Wildman–Crippen MR) is 87.7 cm³/mol. The van der Waals surface area contributed by atoms with Crippen LogP contribution in [0.15, 0.2) is 0 Å². The molecule has 3 fully saturated rings. The van der Waals surface area contributed by atoms with Crippen LogP contribution < -0.4 is 5.32 Å². The van der Waals surface area contributed by atoms with Crippen LogP contribution in [0.3, 0.4) is 0 Å². The van der Waals surface area contributed by atoms with Crippen LogP contribution in [0.5, 0.6) is 0 Å². The molecular weight excluding hydrogens is 260 g/mol. The Balaban J connectivity index is 1.55. The second-order valence-corrected chi connectivity index (χ2v) is 7.73. The summed E-state index contributed by atoms with van der Waals surface area (Å²) in [5, 5.41) is 3.65. The number of hydrogen-bond donors (Lipinski definition) is 1. The Kier molecular flexibility index (Phi) is 5.23. The molecule has 3 aliphatic rings. The molecule has 21 heavy (non-hydrogen) atoms. The number of hydrogen-bond acceptors (Lipinski definition) is 3. The number of nitrogens with zero attached hydrogens (tertiary/aromatic N) is 1. The van der Waals surface area contributed by atoms with Crippen LogP contribution in [0, 0.1) is 0 Å². The van der Waals surface area contributed by atoms with Crippen molar-refractivity contribution in [2.75, 3.05) is 19.6 Å². The highest BCUT2D eigenvalue weighted by Crippen LogP contribution is 2.42. The number of nitrogens with one attached hydrogen (secondary N) is 1. The van der Waals surface area contributed by atoms with E-state index >= 15 is 0 Å². The highest BCUT2D eigenvalue weighted by molar-refractivity contribution is 4.93. The second kappa shape index (κ2) is 6.97. The van der Waals surface area contributed by atoms with Crippen LogP contribution in [0.4, 0.5) is 0 Å². The van der Waals surface area contributed by atoms with Crippen molar-refractivity contribution in [3.63, 3.8) is 0 Å². The van der Waals surface area contributed by atoms with E-state index in [4.69, 9.17) is 4.74 Å². The predicted octanol–water partition coefficient (Wildman–Crippen LogP) is 3.33. The Bertz CT molecular complexity index is 327. The fraction of sp³-hybridized carbons (Fsp3) is 1.00. The standard InChI is InChI=1S/C18H34N2O/c1-3-7-16-12-19-15(2)13-20(16)14-17-8-11-18(21-17)9-5-4-6-10-18/h15-17,19H,3-14H2,1-2H3. The van der Waals surface area contributed by atoms with Crippen LogP contribution in [0.25, 0.3) is 0 Å². The average molecular weight is 294 g/mol. The lowest BCUT2D eigenvalue weighted by Gasteiger charge is -2.41. The summed E-state index contributed by atoms with van der Waals surface area (Å²) in [6, 6.07) is 1.35. The number of rotatable bonds is 4. The molecule has 0 radical (unpaired) electrons. The Morgan fingerprint density at radius 1 is 1.19 bits per heavy atom. The molecule has 0 aromatic rings. The molecule has 3 heteroatoms. The molecule has 3 rings (SSSR count). The van der Waals surface area contributed by atoms with Crippen LogP contribution in [-0.2, 0) is 4.74 Å². The summed E-state index contributed by atoms with van der Waals surface area (Å²) in [6.07, 6.45) is 12.5. The van der Waals surface area contributed by atoms with E-state index in [0.717, 1.165) is 12.6 Å². The summed E-state index contributed by atoms with van der Waals surface area (Å²) in [5.41, 5.74) is 0.281. The zero-order valence-electron chi connectivity index (χ0n) is 14.1. The van der Waals surface area contributed by atoms with Gasteiger partial charge in [0, 0.05) is 31.7 Å². The molecular formula is C18H34N2O. The van der Waals surface area contributed by atoms with Gasteiger partial charge in [-0.25, -0.2) is 0 Å². The first-order valence-corrected chi connectivity index (χ1v) is 9.36. The maximum absolute atomic E-state index is 6.59. The van der Waals surface area contributed by atoms with Gasteiger partial charge in [0.25, 0.3) is 0 Å². The molecule has 3 atom stereocenters. The van der Waals surface area contributed by atoms with E-state index in [0.29, 0.717) is 12.1 Å². The van der Waals surface area contributed by atoms with Gasteiger partial charge in [0.15, 0.2) is 0 Å². The number of ether oxygens (including phenoxy) is 1. The fourth-order valence-corrected chi connectivity index (χ4v) is 4.72. The molecule has 1 spiro atoms. The summed E-state index contributed by atoms with van der Waals surface area (Å²) in [5.74, 6) is 0. The molecule has 3 nitrogen and oxygen atoms in total. The fourth-order valence-electron chi connectivity index (χ4n) is 4.72. The van der Waals surface area contributed by atoms with Gasteiger partial charge in [0.1, 0.15) is 0 Å². The lowest BCUT2D eigenvalue weighted by molar-refractivity contribution is -0.0773. The van der Waals surface area contributed by atoms with Gasteiger partial charge in [-0.15, -0.1) is 0 Å². The zero-order valence-corrected chi connectivity index (χ0v) is 14.1. The molecule has 0 aromatic carbocycles.